The van der Waals surface area contributed by atoms with Crippen LogP contribution >= 0.6 is 0 Å². The molecule has 0 radical (unpaired) electrons. The minimum absolute atomic E-state index is 0.422. The molecule has 0 fully saturated rings. The normalized spacial score (nSPS) is 17.4. The largest absolute Gasteiger partial charge is 0.316 e. The Kier molecular flexibility index (Phi) is 6.10. The van der Waals surface area contributed by atoms with E-state index in [1.165, 1.54) is 6.42 Å². The Labute approximate surface area is 117 Å². The van der Waals surface area contributed by atoms with Gasteiger partial charge >= 0.3 is 0 Å². The average molecular weight is 286 g/mol. The zero-order chi connectivity index (χ0) is 14.8. The summed E-state index contributed by atoms with van der Waals surface area (Å²) in [6.45, 7) is 26.0. The van der Waals surface area contributed by atoms with Crippen molar-refractivity contribution < 1.29 is 0 Å². The summed E-state index contributed by atoms with van der Waals surface area (Å²) < 4.78 is 0. The zero-order valence-electron chi connectivity index (χ0n) is 14.1. The Hall–Kier alpha value is 0.134. The second kappa shape index (κ2) is 6.06. The average Bonchev–Trinajstić information content (AvgIpc) is 2.23. The summed E-state index contributed by atoms with van der Waals surface area (Å²) in [6.07, 6.45) is 1.20. The smallest absolute Gasteiger partial charge is 0.0855 e. The molecule has 1 nitrogen and oxygen atoms in total. The van der Waals surface area contributed by atoms with Gasteiger partial charge in [0.05, 0.1) is 16.1 Å². The lowest BCUT2D eigenvalue weighted by Gasteiger charge is -2.49. The van der Waals surface area contributed by atoms with Gasteiger partial charge in [-0.05, 0) is 23.7 Å². The fraction of sp³-hybridized carbons (Fsp3) is 0.867. The molecule has 2 atom stereocenters. The van der Waals surface area contributed by atoms with Gasteiger partial charge in [0.2, 0.25) is 0 Å². The van der Waals surface area contributed by atoms with Gasteiger partial charge in [0.1, 0.15) is 0 Å². The van der Waals surface area contributed by atoms with Gasteiger partial charge in [0.25, 0.3) is 0 Å². The van der Waals surface area contributed by atoms with Crippen molar-refractivity contribution in [3.8, 4) is 0 Å². The van der Waals surface area contributed by atoms with Crippen LogP contribution in [0, 0.1) is 0 Å². The van der Waals surface area contributed by atoms with Crippen LogP contribution in [-0.4, -0.2) is 27.5 Å². The van der Waals surface area contributed by atoms with Gasteiger partial charge in [-0.1, -0.05) is 53.9 Å². The second-order valence-electron chi connectivity index (χ2n) is 7.91. The highest BCUT2D eigenvalue weighted by Gasteiger charge is 2.48. The van der Waals surface area contributed by atoms with Gasteiger partial charge in [-0.3, -0.25) is 0 Å². The molecule has 2 unspecified atom stereocenters. The monoisotopic (exact) mass is 285 g/mol. The Balaban J connectivity index is 5.42. The molecule has 108 valence electrons. The first-order chi connectivity index (χ1) is 7.90. The molecule has 0 aliphatic rings. The number of hydrogen-bond donors (Lipinski definition) is 1. The van der Waals surface area contributed by atoms with E-state index in [2.05, 4.69) is 78.4 Å². The van der Waals surface area contributed by atoms with Gasteiger partial charge < -0.3 is 5.32 Å². The van der Waals surface area contributed by atoms with Crippen LogP contribution in [0.3, 0.4) is 0 Å². The molecule has 1 N–H and O–H groups in total. The lowest BCUT2D eigenvalue weighted by molar-refractivity contribution is 0.538. The summed E-state index contributed by atoms with van der Waals surface area (Å²) >= 11 is 0. The highest BCUT2D eigenvalue weighted by Crippen LogP contribution is 2.40. The van der Waals surface area contributed by atoms with Crippen molar-refractivity contribution in [1.29, 1.82) is 0 Å². The molecular weight excluding hydrogens is 250 g/mol. The third-order valence-corrected chi connectivity index (χ3v) is 17.6. The summed E-state index contributed by atoms with van der Waals surface area (Å²) in [6, 6.07) is 0.607. The molecule has 0 aliphatic heterocycles. The summed E-state index contributed by atoms with van der Waals surface area (Å²) in [5.41, 5.74) is 2.27. The van der Waals surface area contributed by atoms with Crippen molar-refractivity contribution in [3.63, 3.8) is 0 Å². The van der Waals surface area contributed by atoms with E-state index in [9.17, 15) is 0 Å². The van der Waals surface area contributed by atoms with Crippen LogP contribution in [0.1, 0.15) is 41.0 Å². The van der Waals surface area contributed by atoms with Crippen LogP contribution in [0.5, 0.6) is 0 Å². The van der Waals surface area contributed by atoms with Crippen LogP contribution < -0.4 is 5.32 Å². The molecule has 0 amide bonds. The summed E-state index contributed by atoms with van der Waals surface area (Å²) in [5, 5.41) is 5.07. The van der Waals surface area contributed by atoms with Crippen molar-refractivity contribution in [1.82, 2.24) is 5.32 Å². The van der Waals surface area contributed by atoms with Crippen LogP contribution in [0.15, 0.2) is 12.3 Å². The Morgan fingerprint density at radius 3 is 1.89 bits per heavy atom. The topological polar surface area (TPSA) is 12.0 Å². The van der Waals surface area contributed by atoms with Gasteiger partial charge in [0.15, 0.2) is 0 Å². The lowest BCUT2D eigenvalue weighted by atomic mass is 10.2. The van der Waals surface area contributed by atoms with E-state index in [0.717, 1.165) is 0 Å². The number of hydrogen-bond acceptors (Lipinski definition) is 1. The van der Waals surface area contributed by atoms with Gasteiger partial charge in [-0.25, -0.2) is 0 Å². The SMILES string of the molecule is C=C[Si](C)(C)C(NC(C)CC)[Si](C)(C)C(C)(C)C. The number of nitrogens with one attached hydrogen (secondary N) is 1. The molecule has 0 saturated carbocycles. The van der Waals surface area contributed by atoms with Crippen LogP contribution in [0.4, 0.5) is 0 Å². The van der Waals surface area contributed by atoms with Crippen molar-refractivity contribution >= 4 is 16.1 Å². The predicted octanol–water partition coefficient (Wildman–Crippen LogP) is 4.76. The van der Waals surface area contributed by atoms with Gasteiger partial charge in [-0.2, -0.15) is 0 Å². The molecule has 0 rings (SSSR count). The highest BCUT2D eigenvalue weighted by molar-refractivity contribution is 7.00. The Morgan fingerprint density at radius 1 is 1.17 bits per heavy atom. The van der Waals surface area contributed by atoms with Crippen molar-refractivity contribution in [3.05, 3.63) is 12.3 Å². The first-order valence-electron chi connectivity index (χ1n) is 7.29. The van der Waals surface area contributed by atoms with Crippen LogP contribution in [0.25, 0.3) is 0 Å². The maximum atomic E-state index is 4.13. The zero-order valence-corrected chi connectivity index (χ0v) is 16.1. The molecule has 0 aliphatic carbocycles. The molecule has 0 heterocycles. The maximum absolute atomic E-state index is 4.13. The molecule has 0 aromatic rings. The molecule has 0 saturated heterocycles. The summed E-state index contributed by atoms with van der Waals surface area (Å²) in [4.78, 5) is 0. The molecule has 0 spiro atoms. The van der Waals surface area contributed by atoms with E-state index in [1.807, 2.05) is 0 Å². The van der Waals surface area contributed by atoms with Gasteiger partial charge in [0, 0.05) is 6.04 Å². The summed E-state index contributed by atoms with van der Waals surface area (Å²) in [5.74, 6) is 0. The standard InChI is InChI=1S/C15H35NSi2/c1-11-13(3)16-14(17(7,8)12-2)18(9,10)15(4,5)6/h12-14,16H,2,11H2,1,3-10H3. The lowest BCUT2D eigenvalue weighted by Crippen LogP contribution is -2.68. The van der Waals surface area contributed by atoms with E-state index in [1.54, 1.807) is 0 Å². The van der Waals surface area contributed by atoms with Crippen LogP contribution in [0.2, 0.25) is 31.2 Å². The molecule has 18 heavy (non-hydrogen) atoms. The third-order valence-electron chi connectivity index (χ3n) is 4.99. The predicted molar refractivity (Wildman–Crippen MR) is 91.6 cm³/mol. The quantitative estimate of drug-likeness (QED) is 0.694. The first-order valence-corrected chi connectivity index (χ1v) is 13.5. The fourth-order valence-electron chi connectivity index (χ4n) is 2.31. The fourth-order valence-corrected chi connectivity index (χ4v) is 13.9. The maximum Gasteiger partial charge on any atom is 0.0855 e. The third kappa shape index (κ3) is 4.07. The molecule has 0 aromatic carbocycles. The van der Waals surface area contributed by atoms with E-state index in [0.29, 0.717) is 16.4 Å². The van der Waals surface area contributed by atoms with E-state index >= 15 is 0 Å². The molecule has 0 aromatic heterocycles. The van der Waals surface area contributed by atoms with Crippen molar-refractivity contribution in [2.24, 2.45) is 0 Å². The molecule has 3 heteroatoms. The highest BCUT2D eigenvalue weighted by atomic mass is 28.4. The van der Waals surface area contributed by atoms with Crippen LogP contribution in [-0.2, 0) is 0 Å². The van der Waals surface area contributed by atoms with E-state index in [-0.39, 0.29) is 0 Å². The molecular formula is C15H35NSi2. The second-order valence-corrected chi connectivity index (χ2v) is 18.6. The van der Waals surface area contributed by atoms with Gasteiger partial charge in [-0.15, -0.1) is 12.3 Å². The first kappa shape index (κ1) is 18.1. The minimum Gasteiger partial charge on any atom is -0.316 e. The Bertz CT molecular complexity index is 277. The Morgan fingerprint density at radius 2 is 1.61 bits per heavy atom. The van der Waals surface area contributed by atoms with E-state index in [4.69, 9.17) is 0 Å². The van der Waals surface area contributed by atoms with Crippen molar-refractivity contribution in [2.75, 3.05) is 0 Å². The minimum atomic E-state index is -1.42. The van der Waals surface area contributed by atoms with Crippen molar-refractivity contribution in [2.45, 2.75) is 83.6 Å². The van der Waals surface area contributed by atoms with E-state index < -0.39 is 16.1 Å². The number of rotatable bonds is 6. The molecule has 0 bridgehead atoms. The summed E-state index contributed by atoms with van der Waals surface area (Å²) in [7, 11) is -2.81.